The van der Waals surface area contributed by atoms with Crippen molar-refractivity contribution in [3.63, 3.8) is 0 Å². The molecule has 1 aromatic rings. The number of thioether (sulfide) groups is 2. The minimum atomic E-state index is 0.196. The molecule has 0 spiro atoms. The molecule has 8 heteroatoms. The summed E-state index contributed by atoms with van der Waals surface area (Å²) >= 11 is 5.80. The first-order valence-electron chi connectivity index (χ1n) is 14.2. The van der Waals surface area contributed by atoms with Gasteiger partial charge in [0.15, 0.2) is 6.04 Å². The topological polar surface area (TPSA) is 37.5 Å². The van der Waals surface area contributed by atoms with Crippen LogP contribution in [0.25, 0.3) is 11.1 Å². The summed E-state index contributed by atoms with van der Waals surface area (Å²) in [5.74, 6) is 1.83. The predicted molar refractivity (Wildman–Crippen MR) is 155 cm³/mol. The van der Waals surface area contributed by atoms with Crippen LogP contribution in [0.15, 0.2) is 4.79 Å². The summed E-state index contributed by atoms with van der Waals surface area (Å²) in [7, 11) is 4.03. The zero-order chi connectivity index (χ0) is 25.0. The van der Waals surface area contributed by atoms with E-state index in [9.17, 15) is 4.79 Å². The third kappa shape index (κ3) is 4.26. The van der Waals surface area contributed by atoms with Gasteiger partial charge in [-0.25, -0.2) is 4.58 Å². The van der Waals surface area contributed by atoms with Gasteiger partial charge in [-0.3, -0.25) is 9.36 Å². The van der Waals surface area contributed by atoms with Crippen LogP contribution < -0.4 is 14.8 Å². The second kappa shape index (κ2) is 10.5. The molecule has 0 aromatic carbocycles. The van der Waals surface area contributed by atoms with Crippen LogP contribution in [-0.4, -0.2) is 68.5 Å². The van der Waals surface area contributed by atoms with Gasteiger partial charge in [0.1, 0.15) is 15.7 Å². The Morgan fingerprint density at radius 2 is 1.92 bits per heavy atom. The summed E-state index contributed by atoms with van der Waals surface area (Å²) in [5, 5.41) is 3.90. The first-order chi connectivity index (χ1) is 17.5. The van der Waals surface area contributed by atoms with E-state index in [-0.39, 0.29) is 5.56 Å². The quantitative estimate of drug-likeness (QED) is 0.534. The van der Waals surface area contributed by atoms with Gasteiger partial charge in [-0.1, -0.05) is 19.3 Å². The molecule has 4 fully saturated rings. The molecular formula is C28H42N3O2S3+. The van der Waals surface area contributed by atoms with E-state index in [0.29, 0.717) is 23.4 Å². The number of rotatable bonds is 4. The fourth-order valence-corrected chi connectivity index (χ4v) is 12.5. The number of hydrogen-bond acceptors (Lipinski definition) is 6. The van der Waals surface area contributed by atoms with Crippen molar-refractivity contribution in [2.24, 2.45) is 11.8 Å². The molecule has 5 aliphatic rings. The van der Waals surface area contributed by atoms with Crippen molar-refractivity contribution in [3.8, 4) is 0 Å². The van der Waals surface area contributed by atoms with Crippen LogP contribution in [0.5, 0.6) is 0 Å². The highest BCUT2D eigenvalue weighted by molar-refractivity contribution is 8.15. The molecular weight excluding hydrogens is 507 g/mol. The first kappa shape index (κ1) is 25.6. The maximum atomic E-state index is 13.7. The van der Waals surface area contributed by atoms with Crippen molar-refractivity contribution in [3.05, 3.63) is 19.5 Å². The lowest BCUT2D eigenvalue weighted by atomic mass is 9.69. The molecule has 6 rings (SSSR count). The summed E-state index contributed by atoms with van der Waals surface area (Å²) in [6, 6.07) is 1.14. The number of aromatic nitrogens is 1. The fraction of sp³-hybridized carbons (Fsp3) is 0.786. The molecule has 198 valence electrons. The normalized spacial score (nSPS) is 38.4. The maximum Gasteiger partial charge on any atom is 0.271 e. The third-order valence-corrected chi connectivity index (χ3v) is 14.0. The van der Waals surface area contributed by atoms with E-state index in [2.05, 4.69) is 48.2 Å². The van der Waals surface area contributed by atoms with E-state index in [1.54, 1.807) is 11.3 Å². The highest BCUT2D eigenvalue weighted by Crippen LogP contribution is 2.49. The Labute approximate surface area is 228 Å². The number of methoxy groups -OCH3 is 1. The van der Waals surface area contributed by atoms with Crippen molar-refractivity contribution in [1.82, 2.24) is 9.47 Å². The Morgan fingerprint density at radius 3 is 2.69 bits per heavy atom. The lowest BCUT2D eigenvalue weighted by Gasteiger charge is -2.40. The lowest BCUT2D eigenvalue weighted by Crippen LogP contribution is -2.44. The highest BCUT2D eigenvalue weighted by Gasteiger charge is 2.51. The van der Waals surface area contributed by atoms with E-state index in [4.69, 9.17) is 4.74 Å². The highest BCUT2D eigenvalue weighted by atomic mass is 32.2. The number of hydrogen-bond donors (Lipinski definition) is 0. The Kier molecular flexibility index (Phi) is 7.43. The Hall–Kier alpha value is -0.700. The van der Waals surface area contributed by atoms with Gasteiger partial charge in [-0.2, -0.15) is 0 Å². The van der Waals surface area contributed by atoms with Crippen molar-refractivity contribution in [1.29, 1.82) is 0 Å². The molecule has 1 saturated heterocycles. The van der Waals surface area contributed by atoms with Crippen LogP contribution in [-0.2, 0) is 11.3 Å². The number of thiazole rings is 1. The first-order valence-corrected chi connectivity index (χ1v) is 16.8. The molecule has 7 unspecified atom stereocenters. The summed E-state index contributed by atoms with van der Waals surface area (Å²) in [4.78, 5) is 16.1. The Morgan fingerprint density at radius 1 is 1.08 bits per heavy atom. The predicted octanol–water partition coefficient (Wildman–Crippen LogP) is 3.91. The number of fused-ring (bicyclic) bond motifs is 4. The van der Waals surface area contributed by atoms with E-state index in [1.165, 1.54) is 55.0 Å². The summed E-state index contributed by atoms with van der Waals surface area (Å²) in [6.07, 6.45) is 14.5. The van der Waals surface area contributed by atoms with Gasteiger partial charge >= 0.3 is 0 Å². The third-order valence-electron chi connectivity index (χ3n) is 9.67. The van der Waals surface area contributed by atoms with Crippen LogP contribution in [0.2, 0.25) is 0 Å². The van der Waals surface area contributed by atoms with Crippen LogP contribution in [0.1, 0.15) is 71.6 Å². The smallest absolute Gasteiger partial charge is 0.271 e. The zero-order valence-electron chi connectivity index (χ0n) is 22.3. The fourth-order valence-electron chi connectivity index (χ4n) is 7.74. The SMILES string of the molecule is CCn1c(=CC2=[N+](CC)C3CCC4CCCCC4C3S2)s/c(=C2\SC3CCC(OC)CC3N2C)c1=O. The minimum Gasteiger partial charge on any atom is -0.381 e. The lowest BCUT2D eigenvalue weighted by molar-refractivity contribution is -0.560. The number of ether oxygens (including phenoxy) is 1. The summed E-state index contributed by atoms with van der Waals surface area (Å²) < 4.78 is 12.5. The van der Waals surface area contributed by atoms with Gasteiger partial charge in [0.2, 0.25) is 5.04 Å². The van der Waals surface area contributed by atoms with Gasteiger partial charge in [0, 0.05) is 38.4 Å². The molecule has 1 aromatic heterocycles. The molecule has 3 saturated carbocycles. The largest absolute Gasteiger partial charge is 0.381 e. The van der Waals surface area contributed by atoms with Crippen LogP contribution in [0.4, 0.5) is 0 Å². The van der Waals surface area contributed by atoms with Gasteiger partial charge in [-0.05, 0) is 69.5 Å². The summed E-state index contributed by atoms with van der Waals surface area (Å²) in [5.41, 5.74) is 0.196. The van der Waals surface area contributed by atoms with Gasteiger partial charge in [-0.15, -0.1) is 23.1 Å². The maximum absolute atomic E-state index is 13.7. The molecule has 0 radical (unpaired) electrons. The van der Waals surface area contributed by atoms with E-state index < -0.39 is 0 Å². The van der Waals surface area contributed by atoms with Gasteiger partial charge in [0.25, 0.3) is 5.56 Å². The minimum absolute atomic E-state index is 0.196. The molecule has 7 atom stereocenters. The van der Waals surface area contributed by atoms with E-state index in [0.717, 1.165) is 52.2 Å². The van der Waals surface area contributed by atoms with Gasteiger partial charge in [0.05, 0.1) is 22.5 Å². The second-order valence-electron chi connectivity index (χ2n) is 11.3. The number of nitrogens with zero attached hydrogens (tertiary/aromatic N) is 3. The molecule has 0 N–H and O–H groups in total. The molecule has 36 heavy (non-hydrogen) atoms. The van der Waals surface area contributed by atoms with Crippen molar-refractivity contribution in [2.75, 3.05) is 20.7 Å². The standard InChI is InChI=1S/C28H42N3O2S3/c1-5-30-20-13-11-17-9-7-8-10-19(17)25(20)35-23(30)16-24-31(6-2)27(32)26(36-24)28-29(3)21-15-18(33-4)12-14-22(21)34-28/h16-22,25H,5-15H2,1-4H3/q+1/b28-26-. The Balaban J connectivity index is 1.38. The van der Waals surface area contributed by atoms with E-state index >= 15 is 0 Å². The molecule has 3 aliphatic carbocycles. The van der Waals surface area contributed by atoms with Crippen LogP contribution >= 0.6 is 34.9 Å². The summed E-state index contributed by atoms with van der Waals surface area (Å²) in [6.45, 7) is 6.21. The van der Waals surface area contributed by atoms with Gasteiger partial charge < -0.3 is 9.64 Å². The van der Waals surface area contributed by atoms with Crippen LogP contribution in [0.3, 0.4) is 0 Å². The molecule has 0 bridgehead atoms. The zero-order valence-corrected chi connectivity index (χ0v) is 24.7. The molecule has 5 nitrogen and oxygen atoms in total. The molecule has 3 heterocycles. The van der Waals surface area contributed by atoms with Crippen molar-refractivity contribution >= 4 is 51.0 Å². The molecule has 2 aliphatic heterocycles. The second-order valence-corrected chi connectivity index (χ2v) is 14.8. The molecule has 0 amide bonds. The monoisotopic (exact) mass is 548 g/mol. The van der Waals surface area contributed by atoms with Crippen molar-refractivity contribution in [2.45, 2.75) is 107 Å². The average Bonchev–Trinajstić information content (AvgIpc) is 3.54. The van der Waals surface area contributed by atoms with Crippen LogP contribution in [0, 0.1) is 11.8 Å². The van der Waals surface area contributed by atoms with E-state index in [1.807, 2.05) is 23.4 Å². The van der Waals surface area contributed by atoms with Crippen molar-refractivity contribution < 1.29 is 9.31 Å². The average molecular weight is 549 g/mol. The Bertz CT molecular complexity index is 1200.